The van der Waals surface area contributed by atoms with Gasteiger partial charge in [-0.1, -0.05) is 0 Å². The highest BCUT2D eigenvalue weighted by molar-refractivity contribution is 9.13. The number of aromatic hydroxyl groups is 1. The maximum absolute atomic E-state index is 10.1. The molecule has 0 aromatic heterocycles. The first-order chi connectivity index (χ1) is 10.9. The molecule has 0 bridgehead atoms. The van der Waals surface area contributed by atoms with Crippen LogP contribution >= 0.6 is 31.9 Å². The number of halogens is 2. The SMILES string of the molecule is OC[C@H]1O[C@@H](Oc2cc3cc(Br)c(Br)cc3cc2O)[C@H](O)[C@@H]1O. The van der Waals surface area contributed by atoms with Crippen LogP contribution in [0.15, 0.2) is 33.2 Å². The molecule has 0 aliphatic carbocycles. The lowest BCUT2D eigenvalue weighted by atomic mass is 10.1. The van der Waals surface area contributed by atoms with Crippen molar-refractivity contribution in [1.29, 1.82) is 0 Å². The van der Waals surface area contributed by atoms with Crippen LogP contribution in [0.25, 0.3) is 10.8 Å². The predicted molar refractivity (Wildman–Crippen MR) is 89.4 cm³/mol. The Bertz CT molecular complexity index is 737. The van der Waals surface area contributed by atoms with Crippen molar-refractivity contribution < 1.29 is 29.9 Å². The summed E-state index contributed by atoms with van der Waals surface area (Å²) in [6.45, 7) is -0.442. The Morgan fingerprint density at radius 3 is 2.17 bits per heavy atom. The Balaban J connectivity index is 1.91. The number of aliphatic hydroxyl groups excluding tert-OH is 3. The summed E-state index contributed by atoms with van der Waals surface area (Å²) in [5.41, 5.74) is 0. The molecule has 0 amide bonds. The molecule has 8 heteroatoms. The van der Waals surface area contributed by atoms with Crippen molar-refractivity contribution >= 4 is 42.6 Å². The minimum absolute atomic E-state index is 0.113. The van der Waals surface area contributed by atoms with E-state index in [-0.39, 0.29) is 11.5 Å². The molecule has 0 saturated carbocycles. The molecule has 6 nitrogen and oxygen atoms in total. The average molecular weight is 450 g/mol. The zero-order valence-electron chi connectivity index (χ0n) is 11.7. The average Bonchev–Trinajstić information content (AvgIpc) is 2.78. The maximum atomic E-state index is 10.1. The number of phenolic OH excluding ortho intramolecular Hbond substituents is 1. The number of ether oxygens (including phenoxy) is 2. The standard InChI is InChI=1S/C15H14Br2O6/c16-8-1-6-3-10(19)11(4-7(6)2-9(8)17)22-15-14(21)13(20)12(5-18)23-15/h1-4,12-15,18-21H,5H2/t12-,13-,14-,15-/m1/s1. The monoisotopic (exact) mass is 448 g/mol. The second-order valence-corrected chi connectivity index (χ2v) is 6.97. The molecule has 0 spiro atoms. The molecule has 3 rings (SSSR count). The number of benzene rings is 2. The molecule has 4 N–H and O–H groups in total. The van der Waals surface area contributed by atoms with E-state index in [4.69, 9.17) is 14.6 Å². The van der Waals surface area contributed by atoms with E-state index in [9.17, 15) is 15.3 Å². The molecular formula is C15H14Br2O6. The summed E-state index contributed by atoms with van der Waals surface area (Å²) in [4.78, 5) is 0. The van der Waals surface area contributed by atoms with Crippen LogP contribution in [0.5, 0.6) is 11.5 Å². The summed E-state index contributed by atoms with van der Waals surface area (Å²) in [6, 6.07) is 6.83. The Morgan fingerprint density at radius 2 is 1.61 bits per heavy atom. The van der Waals surface area contributed by atoms with Gasteiger partial charge >= 0.3 is 0 Å². The van der Waals surface area contributed by atoms with Crippen LogP contribution in [0, 0.1) is 0 Å². The molecule has 2 aromatic rings. The van der Waals surface area contributed by atoms with Gasteiger partial charge in [-0.25, -0.2) is 0 Å². The van der Waals surface area contributed by atoms with Crippen molar-refractivity contribution in [3.05, 3.63) is 33.2 Å². The molecule has 4 atom stereocenters. The van der Waals surface area contributed by atoms with Crippen LogP contribution in [-0.4, -0.2) is 51.6 Å². The third kappa shape index (κ3) is 3.19. The fourth-order valence-electron chi connectivity index (χ4n) is 2.44. The molecule has 23 heavy (non-hydrogen) atoms. The number of hydrogen-bond acceptors (Lipinski definition) is 6. The Morgan fingerprint density at radius 1 is 1.00 bits per heavy atom. The quantitative estimate of drug-likeness (QED) is 0.571. The van der Waals surface area contributed by atoms with Gasteiger partial charge in [-0.2, -0.15) is 0 Å². The van der Waals surface area contributed by atoms with E-state index in [2.05, 4.69) is 31.9 Å². The van der Waals surface area contributed by atoms with Crippen molar-refractivity contribution in [1.82, 2.24) is 0 Å². The van der Waals surface area contributed by atoms with E-state index in [1.54, 1.807) is 6.07 Å². The molecule has 1 aliphatic heterocycles. The van der Waals surface area contributed by atoms with Crippen LogP contribution in [0.2, 0.25) is 0 Å². The molecule has 0 unspecified atom stereocenters. The summed E-state index contributed by atoms with van der Waals surface area (Å²) in [5.74, 6) is -0.00831. The van der Waals surface area contributed by atoms with Gasteiger partial charge in [-0.15, -0.1) is 0 Å². The van der Waals surface area contributed by atoms with E-state index >= 15 is 0 Å². The summed E-state index contributed by atoms with van der Waals surface area (Å²) in [5, 5.41) is 40.4. The van der Waals surface area contributed by atoms with Crippen molar-refractivity contribution in [2.75, 3.05) is 6.61 Å². The van der Waals surface area contributed by atoms with Gasteiger partial charge < -0.3 is 29.9 Å². The highest BCUT2D eigenvalue weighted by Gasteiger charge is 2.44. The lowest BCUT2D eigenvalue weighted by Crippen LogP contribution is -2.35. The first-order valence-corrected chi connectivity index (χ1v) is 8.40. The van der Waals surface area contributed by atoms with Gasteiger partial charge in [0.1, 0.15) is 18.3 Å². The highest BCUT2D eigenvalue weighted by Crippen LogP contribution is 2.37. The van der Waals surface area contributed by atoms with Crippen LogP contribution < -0.4 is 4.74 Å². The fourth-order valence-corrected chi connectivity index (χ4v) is 3.17. The van der Waals surface area contributed by atoms with E-state index in [1.165, 1.54) is 6.07 Å². The van der Waals surface area contributed by atoms with Crippen molar-refractivity contribution in [2.45, 2.75) is 24.6 Å². The topological polar surface area (TPSA) is 99.4 Å². The number of hydrogen-bond donors (Lipinski definition) is 4. The maximum Gasteiger partial charge on any atom is 0.229 e. The fraction of sp³-hybridized carbons (Fsp3) is 0.333. The van der Waals surface area contributed by atoms with E-state index < -0.39 is 31.2 Å². The zero-order valence-corrected chi connectivity index (χ0v) is 14.9. The summed E-state index contributed by atoms with van der Waals surface area (Å²) >= 11 is 6.80. The minimum atomic E-state index is -1.32. The van der Waals surface area contributed by atoms with E-state index in [1.807, 2.05) is 12.1 Å². The third-order valence-electron chi connectivity index (χ3n) is 3.70. The van der Waals surface area contributed by atoms with E-state index in [0.717, 1.165) is 19.7 Å². The first kappa shape index (κ1) is 16.9. The van der Waals surface area contributed by atoms with Crippen molar-refractivity contribution in [3.8, 4) is 11.5 Å². The van der Waals surface area contributed by atoms with Gasteiger partial charge in [0.2, 0.25) is 6.29 Å². The molecule has 1 aliphatic rings. The van der Waals surface area contributed by atoms with Gasteiger partial charge in [0.25, 0.3) is 0 Å². The van der Waals surface area contributed by atoms with E-state index in [0.29, 0.717) is 0 Å². The first-order valence-electron chi connectivity index (χ1n) is 6.81. The molecule has 124 valence electrons. The van der Waals surface area contributed by atoms with Gasteiger partial charge in [0, 0.05) is 8.95 Å². The number of aliphatic hydroxyl groups is 3. The molecule has 0 radical (unpaired) electrons. The molecule has 2 aromatic carbocycles. The third-order valence-corrected chi connectivity index (χ3v) is 5.54. The Kier molecular flexibility index (Phi) is 4.82. The van der Waals surface area contributed by atoms with Gasteiger partial charge in [-0.3, -0.25) is 0 Å². The number of fused-ring (bicyclic) bond motifs is 1. The smallest absolute Gasteiger partial charge is 0.229 e. The second kappa shape index (κ2) is 6.54. The zero-order chi connectivity index (χ0) is 16.7. The molecule has 1 saturated heterocycles. The minimum Gasteiger partial charge on any atom is -0.504 e. The second-order valence-electron chi connectivity index (χ2n) is 5.26. The Hall–Kier alpha value is -0.900. The summed E-state index contributed by atoms with van der Waals surface area (Å²) < 4.78 is 12.4. The predicted octanol–water partition coefficient (Wildman–Crippen LogP) is 1.89. The molecule has 1 heterocycles. The van der Waals surface area contributed by atoms with Crippen LogP contribution in [0.4, 0.5) is 0 Å². The highest BCUT2D eigenvalue weighted by atomic mass is 79.9. The molecular weight excluding hydrogens is 436 g/mol. The van der Waals surface area contributed by atoms with Gasteiger partial charge in [0.05, 0.1) is 6.61 Å². The summed E-state index contributed by atoms with van der Waals surface area (Å²) in [7, 11) is 0. The van der Waals surface area contributed by atoms with Crippen LogP contribution in [0.3, 0.4) is 0 Å². The summed E-state index contributed by atoms with van der Waals surface area (Å²) in [6.07, 6.45) is -4.68. The number of rotatable bonds is 3. The normalized spacial score (nSPS) is 27.5. The Labute approximate surface area is 148 Å². The molecule has 1 fully saturated rings. The lowest BCUT2D eigenvalue weighted by molar-refractivity contribution is -0.117. The van der Waals surface area contributed by atoms with Crippen molar-refractivity contribution in [2.24, 2.45) is 0 Å². The number of phenols is 1. The van der Waals surface area contributed by atoms with Gasteiger partial charge in [-0.05, 0) is 66.9 Å². The lowest BCUT2D eigenvalue weighted by Gasteiger charge is -2.18. The largest absolute Gasteiger partial charge is 0.504 e. The van der Waals surface area contributed by atoms with Crippen LogP contribution in [-0.2, 0) is 4.74 Å². The van der Waals surface area contributed by atoms with Gasteiger partial charge in [0.15, 0.2) is 11.5 Å². The van der Waals surface area contributed by atoms with Crippen molar-refractivity contribution in [3.63, 3.8) is 0 Å². The van der Waals surface area contributed by atoms with Crippen LogP contribution in [0.1, 0.15) is 0 Å².